The Bertz CT molecular complexity index is 99.2. The van der Waals surface area contributed by atoms with Gasteiger partial charge in [-0.25, -0.2) is 0 Å². The Hall–Kier alpha value is -1.32. The molecule has 0 heterocycles. The fraction of sp³-hybridized carbons (Fsp3) is 0. The molecule has 0 aromatic heterocycles. The molecule has 0 aromatic rings. The summed E-state index contributed by atoms with van der Waals surface area (Å²) in [6.45, 7) is 0. The molecule has 0 spiro atoms. The highest BCUT2D eigenvalue weighted by Gasteiger charge is 1.57. The van der Waals surface area contributed by atoms with Crippen LogP contribution in [-0.4, -0.2) is 12.4 Å². The van der Waals surface area contributed by atoms with E-state index in [4.69, 9.17) is 11.7 Å². The van der Waals surface area contributed by atoms with Crippen LogP contribution in [0, 0.1) is 0 Å². The van der Waals surface area contributed by atoms with E-state index < -0.39 is 0 Å². The number of nitrogens with zero attached hydrogens (tertiary/aromatic N) is 2. The lowest BCUT2D eigenvalue weighted by molar-refractivity contribution is 1.26. The molecule has 0 atom stereocenters. The van der Waals surface area contributed by atoms with Gasteiger partial charge < -0.3 is 11.7 Å². The predicted octanol–water partition coefficient (Wildman–Crippen LogP) is -0.568. The molecule has 0 rings (SSSR count). The highest BCUT2D eigenvalue weighted by molar-refractivity contribution is 5.80. The van der Waals surface area contributed by atoms with Crippen LogP contribution in [0.5, 0.6) is 0 Å². The van der Waals surface area contributed by atoms with Crippen LogP contribution in [-0.2, 0) is 0 Å². The third-order valence-corrected chi connectivity index (χ3v) is 0.455. The van der Waals surface area contributed by atoms with E-state index in [0.717, 1.165) is 0 Å². The van der Waals surface area contributed by atoms with Crippen molar-refractivity contribution in [3.05, 3.63) is 12.2 Å². The normalized spacial score (nSPS) is 12.5. The van der Waals surface area contributed by atoms with Gasteiger partial charge in [0.05, 0.1) is 0 Å². The maximum Gasteiger partial charge on any atom is 0.0466 e. The topological polar surface area (TPSA) is 76.8 Å². The van der Waals surface area contributed by atoms with Crippen LogP contribution in [0.2, 0.25) is 0 Å². The smallest absolute Gasteiger partial charge is 0.0466 e. The Morgan fingerprint density at radius 2 is 1.25 bits per heavy atom. The molecule has 0 unspecified atom stereocenters. The minimum absolute atomic E-state index is 1.43. The van der Waals surface area contributed by atoms with Crippen molar-refractivity contribution in [3.63, 3.8) is 0 Å². The maximum atomic E-state index is 4.75. The summed E-state index contributed by atoms with van der Waals surface area (Å²) in [5.41, 5.74) is 0. The molecule has 0 fully saturated rings. The summed E-state index contributed by atoms with van der Waals surface area (Å²) < 4.78 is 0. The van der Waals surface area contributed by atoms with E-state index in [1.807, 2.05) is 0 Å². The number of allylic oxidation sites excluding steroid dienone is 2. The van der Waals surface area contributed by atoms with E-state index in [9.17, 15) is 0 Å². The SMILES string of the molecule is N/N=C/C=C\C=N\N. The van der Waals surface area contributed by atoms with Crippen molar-refractivity contribution in [2.75, 3.05) is 0 Å². The first-order valence-corrected chi connectivity index (χ1v) is 2.03. The Balaban J connectivity index is 3.35. The molecule has 0 aromatic carbocycles. The van der Waals surface area contributed by atoms with E-state index in [2.05, 4.69) is 10.2 Å². The maximum absolute atomic E-state index is 4.75. The molecule has 0 aliphatic heterocycles. The molecular weight excluding hydrogens is 104 g/mol. The summed E-state index contributed by atoms with van der Waals surface area (Å²) in [4.78, 5) is 0. The molecule has 0 saturated carbocycles. The number of hydrogen-bond acceptors (Lipinski definition) is 4. The monoisotopic (exact) mass is 112 g/mol. The minimum Gasteiger partial charge on any atom is -0.323 e. The second-order valence-corrected chi connectivity index (χ2v) is 0.981. The van der Waals surface area contributed by atoms with Gasteiger partial charge in [-0.3, -0.25) is 0 Å². The molecule has 8 heavy (non-hydrogen) atoms. The van der Waals surface area contributed by atoms with Gasteiger partial charge in [0, 0.05) is 12.4 Å². The zero-order valence-electron chi connectivity index (χ0n) is 4.36. The summed E-state index contributed by atoms with van der Waals surface area (Å²) in [6.07, 6.45) is 6.11. The summed E-state index contributed by atoms with van der Waals surface area (Å²) in [6, 6.07) is 0. The van der Waals surface area contributed by atoms with E-state index in [-0.39, 0.29) is 0 Å². The first-order chi connectivity index (χ1) is 3.91. The molecule has 0 aliphatic carbocycles. The van der Waals surface area contributed by atoms with Crippen molar-refractivity contribution in [2.45, 2.75) is 0 Å². The lowest BCUT2D eigenvalue weighted by Gasteiger charge is -1.68. The highest BCUT2D eigenvalue weighted by Crippen LogP contribution is 1.59. The van der Waals surface area contributed by atoms with E-state index in [1.54, 1.807) is 12.2 Å². The van der Waals surface area contributed by atoms with Crippen molar-refractivity contribution in [1.29, 1.82) is 0 Å². The van der Waals surface area contributed by atoms with Crippen LogP contribution in [0.25, 0.3) is 0 Å². The van der Waals surface area contributed by atoms with Crippen molar-refractivity contribution >= 4 is 12.4 Å². The lowest BCUT2D eigenvalue weighted by atomic mass is 10.5. The first kappa shape index (κ1) is 6.68. The zero-order chi connectivity index (χ0) is 6.24. The Kier molecular flexibility index (Phi) is 4.74. The van der Waals surface area contributed by atoms with Crippen LogP contribution in [0.15, 0.2) is 22.4 Å². The average molecular weight is 112 g/mol. The summed E-state index contributed by atoms with van der Waals surface area (Å²) in [7, 11) is 0. The third kappa shape index (κ3) is 4.68. The van der Waals surface area contributed by atoms with Crippen LogP contribution in [0.3, 0.4) is 0 Å². The fourth-order valence-corrected chi connectivity index (χ4v) is 0.199. The largest absolute Gasteiger partial charge is 0.323 e. The van der Waals surface area contributed by atoms with Crippen molar-refractivity contribution < 1.29 is 0 Å². The average Bonchev–Trinajstić information content (AvgIpc) is 1.81. The number of hydrogen-bond donors (Lipinski definition) is 2. The quantitative estimate of drug-likeness (QED) is 0.285. The molecule has 4 N–H and O–H groups in total. The van der Waals surface area contributed by atoms with Crippen molar-refractivity contribution in [2.24, 2.45) is 21.9 Å². The summed E-state index contributed by atoms with van der Waals surface area (Å²) in [5, 5.41) is 6.39. The molecular formula is C4H8N4. The number of hydrazone groups is 2. The molecule has 44 valence electrons. The molecule has 4 heteroatoms. The fourth-order valence-electron chi connectivity index (χ4n) is 0.199. The predicted molar refractivity (Wildman–Crippen MR) is 34.5 cm³/mol. The van der Waals surface area contributed by atoms with Gasteiger partial charge in [-0.05, 0) is 12.2 Å². The van der Waals surface area contributed by atoms with E-state index >= 15 is 0 Å². The van der Waals surface area contributed by atoms with Crippen LogP contribution in [0.4, 0.5) is 0 Å². The summed E-state index contributed by atoms with van der Waals surface area (Å²) >= 11 is 0. The van der Waals surface area contributed by atoms with Gasteiger partial charge in [0.25, 0.3) is 0 Å². The van der Waals surface area contributed by atoms with E-state index in [1.165, 1.54) is 12.4 Å². The van der Waals surface area contributed by atoms with E-state index in [0.29, 0.717) is 0 Å². The highest BCUT2D eigenvalue weighted by atomic mass is 15.1. The molecule has 0 bridgehead atoms. The number of rotatable bonds is 2. The van der Waals surface area contributed by atoms with Gasteiger partial charge in [-0.1, -0.05) is 0 Å². The van der Waals surface area contributed by atoms with Gasteiger partial charge in [-0.2, -0.15) is 10.2 Å². The van der Waals surface area contributed by atoms with Crippen molar-refractivity contribution in [3.8, 4) is 0 Å². The van der Waals surface area contributed by atoms with Gasteiger partial charge >= 0.3 is 0 Å². The van der Waals surface area contributed by atoms with Crippen LogP contribution < -0.4 is 11.7 Å². The second-order valence-electron chi connectivity index (χ2n) is 0.981. The van der Waals surface area contributed by atoms with Crippen LogP contribution >= 0.6 is 0 Å². The van der Waals surface area contributed by atoms with Gasteiger partial charge in [0.2, 0.25) is 0 Å². The van der Waals surface area contributed by atoms with Gasteiger partial charge in [-0.15, -0.1) is 0 Å². The van der Waals surface area contributed by atoms with Gasteiger partial charge in [0.15, 0.2) is 0 Å². The Morgan fingerprint density at radius 1 is 0.875 bits per heavy atom. The number of nitrogens with two attached hydrogens (primary N) is 2. The lowest BCUT2D eigenvalue weighted by Crippen LogP contribution is -1.80. The molecule has 4 nitrogen and oxygen atoms in total. The van der Waals surface area contributed by atoms with Crippen molar-refractivity contribution in [1.82, 2.24) is 0 Å². The third-order valence-electron chi connectivity index (χ3n) is 0.455. The Morgan fingerprint density at radius 3 is 1.50 bits per heavy atom. The standard InChI is InChI=1S/C4H8N4/c5-7-3-1-2-4-8-6/h1-4H,5-6H2/b2-1-,7-3+,8-4+. The molecule has 0 radical (unpaired) electrons. The van der Waals surface area contributed by atoms with Gasteiger partial charge in [0.1, 0.15) is 0 Å². The molecule has 0 aliphatic rings. The first-order valence-electron chi connectivity index (χ1n) is 2.03. The second kappa shape index (κ2) is 5.68. The zero-order valence-corrected chi connectivity index (χ0v) is 4.36. The Labute approximate surface area is 47.6 Å². The summed E-state index contributed by atoms with van der Waals surface area (Å²) in [5.74, 6) is 9.51. The minimum atomic E-state index is 1.43. The van der Waals surface area contributed by atoms with Crippen LogP contribution in [0.1, 0.15) is 0 Å². The molecule has 0 amide bonds. The molecule has 0 saturated heterocycles.